The van der Waals surface area contributed by atoms with E-state index in [1.165, 1.54) is 0 Å². The number of nitrogens with one attached hydrogen (secondary N) is 1. The Morgan fingerprint density at radius 2 is 1.90 bits per heavy atom. The SMILES string of the molecule is CCOC1=C(C#N)C2(C(=O)Nc3ccccc32)C(C(N)=O)=C(c2ccccc2)O1. The molecule has 2 aromatic carbocycles. The summed E-state index contributed by atoms with van der Waals surface area (Å²) in [5, 5.41) is 12.8. The van der Waals surface area contributed by atoms with Crippen LogP contribution >= 0.6 is 0 Å². The maximum Gasteiger partial charge on any atom is 0.300 e. The number of hydrogen-bond donors (Lipinski definition) is 2. The van der Waals surface area contributed by atoms with Crippen LogP contribution in [-0.2, 0) is 24.5 Å². The average molecular weight is 387 g/mol. The number of amides is 2. The molecule has 0 saturated carbocycles. The summed E-state index contributed by atoms with van der Waals surface area (Å²) in [5.41, 5.74) is 5.27. The van der Waals surface area contributed by atoms with E-state index in [4.69, 9.17) is 15.2 Å². The summed E-state index contributed by atoms with van der Waals surface area (Å²) < 4.78 is 11.5. The fourth-order valence-corrected chi connectivity index (χ4v) is 3.85. The van der Waals surface area contributed by atoms with Gasteiger partial charge in [0.1, 0.15) is 17.4 Å². The van der Waals surface area contributed by atoms with Crippen molar-refractivity contribution in [2.45, 2.75) is 12.3 Å². The number of ether oxygens (including phenoxy) is 2. The third-order valence-corrected chi connectivity index (χ3v) is 4.97. The van der Waals surface area contributed by atoms with Gasteiger partial charge >= 0.3 is 5.95 Å². The maximum absolute atomic E-state index is 13.4. The van der Waals surface area contributed by atoms with Gasteiger partial charge in [-0.05, 0) is 13.0 Å². The first-order valence-corrected chi connectivity index (χ1v) is 9.02. The second kappa shape index (κ2) is 6.84. The molecule has 0 aliphatic carbocycles. The van der Waals surface area contributed by atoms with E-state index in [0.717, 1.165) is 0 Å². The zero-order valence-electron chi connectivity index (χ0n) is 15.6. The Morgan fingerprint density at radius 1 is 1.21 bits per heavy atom. The lowest BCUT2D eigenvalue weighted by atomic mass is 9.67. The van der Waals surface area contributed by atoms with E-state index in [1.54, 1.807) is 55.5 Å². The van der Waals surface area contributed by atoms with Gasteiger partial charge in [-0.15, -0.1) is 0 Å². The number of para-hydroxylation sites is 1. The van der Waals surface area contributed by atoms with Crippen LogP contribution in [0.15, 0.2) is 71.7 Å². The van der Waals surface area contributed by atoms with Crippen molar-refractivity contribution in [3.05, 3.63) is 82.8 Å². The highest BCUT2D eigenvalue weighted by Crippen LogP contribution is 2.53. The lowest BCUT2D eigenvalue weighted by Gasteiger charge is -2.34. The minimum atomic E-state index is -1.76. The largest absolute Gasteiger partial charge is 0.465 e. The third kappa shape index (κ3) is 2.50. The number of nitrogens with two attached hydrogens (primary N) is 1. The van der Waals surface area contributed by atoms with E-state index in [0.29, 0.717) is 16.8 Å². The molecule has 1 spiro atoms. The second-order valence-corrected chi connectivity index (χ2v) is 6.49. The molecule has 0 aromatic heterocycles. The van der Waals surface area contributed by atoms with Crippen LogP contribution in [0.5, 0.6) is 0 Å². The fraction of sp³-hybridized carbons (Fsp3) is 0.136. The molecule has 7 nitrogen and oxygen atoms in total. The van der Waals surface area contributed by atoms with Crippen molar-refractivity contribution in [2.24, 2.45) is 5.73 Å². The van der Waals surface area contributed by atoms with Gasteiger partial charge in [0, 0.05) is 16.8 Å². The first-order valence-electron chi connectivity index (χ1n) is 9.02. The zero-order chi connectivity index (χ0) is 20.6. The number of carbonyl (C=O) groups is 2. The van der Waals surface area contributed by atoms with Crippen LogP contribution in [0.3, 0.4) is 0 Å². The molecule has 2 aromatic rings. The van der Waals surface area contributed by atoms with Gasteiger partial charge < -0.3 is 20.5 Å². The molecule has 7 heteroatoms. The Labute approximate surface area is 167 Å². The highest BCUT2D eigenvalue weighted by Gasteiger charge is 2.60. The standard InChI is InChI=1S/C22H17N3O4/c1-2-28-20-15(12-23)22(14-10-6-7-11-16(14)25-21(22)27)17(19(24)26)18(29-20)13-8-4-3-5-9-13/h3-11H,2H2,1H3,(H2,24,26)(H,25,27). The van der Waals surface area contributed by atoms with Gasteiger partial charge in [0.2, 0.25) is 11.8 Å². The van der Waals surface area contributed by atoms with Crippen molar-refractivity contribution in [3.63, 3.8) is 0 Å². The highest BCUT2D eigenvalue weighted by atomic mass is 16.7. The number of benzene rings is 2. The van der Waals surface area contributed by atoms with E-state index in [2.05, 4.69) is 5.32 Å². The maximum atomic E-state index is 13.4. The number of hydrogen-bond acceptors (Lipinski definition) is 5. The fourth-order valence-electron chi connectivity index (χ4n) is 3.85. The number of anilines is 1. The highest BCUT2D eigenvalue weighted by molar-refractivity contribution is 6.20. The quantitative estimate of drug-likeness (QED) is 0.837. The number of carbonyl (C=O) groups excluding carboxylic acids is 2. The van der Waals surface area contributed by atoms with Crippen LogP contribution in [0.25, 0.3) is 5.76 Å². The number of primary amides is 1. The molecule has 4 rings (SSSR count). The summed E-state index contributed by atoms with van der Waals surface area (Å²) >= 11 is 0. The molecule has 0 saturated heterocycles. The third-order valence-electron chi connectivity index (χ3n) is 4.97. The zero-order valence-corrected chi connectivity index (χ0v) is 15.6. The van der Waals surface area contributed by atoms with Crippen molar-refractivity contribution in [3.8, 4) is 6.07 Å². The molecule has 3 N–H and O–H groups in total. The Balaban J connectivity index is 2.15. The summed E-state index contributed by atoms with van der Waals surface area (Å²) in [6.07, 6.45) is 0. The molecule has 29 heavy (non-hydrogen) atoms. The Bertz CT molecular complexity index is 1130. The first-order chi connectivity index (χ1) is 14.1. The van der Waals surface area contributed by atoms with Crippen LogP contribution in [-0.4, -0.2) is 18.4 Å². The summed E-state index contributed by atoms with van der Waals surface area (Å²) in [7, 11) is 0. The predicted octanol–water partition coefficient (Wildman–Crippen LogP) is 2.57. The minimum absolute atomic E-state index is 0.0902. The first kappa shape index (κ1) is 18.3. The van der Waals surface area contributed by atoms with Gasteiger partial charge in [-0.1, -0.05) is 48.5 Å². The molecule has 2 heterocycles. The molecule has 2 aliphatic heterocycles. The normalized spacial score (nSPS) is 20.1. The van der Waals surface area contributed by atoms with E-state index in [-0.39, 0.29) is 29.5 Å². The summed E-state index contributed by atoms with van der Waals surface area (Å²) in [6, 6.07) is 17.7. The predicted molar refractivity (Wildman–Crippen MR) is 105 cm³/mol. The Hall–Kier alpha value is -4.05. The Kier molecular flexibility index (Phi) is 4.32. The number of nitriles is 1. The van der Waals surface area contributed by atoms with Crippen LogP contribution in [0.1, 0.15) is 18.1 Å². The van der Waals surface area contributed by atoms with Crippen LogP contribution in [0.4, 0.5) is 5.69 Å². The van der Waals surface area contributed by atoms with Gasteiger partial charge in [-0.3, -0.25) is 9.59 Å². The van der Waals surface area contributed by atoms with E-state index in [1.807, 2.05) is 12.1 Å². The van der Waals surface area contributed by atoms with Gasteiger partial charge in [0.05, 0.1) is 12.2 Å². The molecule has 0 radical (unpaired) electrons. The molecule has 144 valence electrons. The number of rotatable bonds is 4. The lowest BCUT2D eigenvalue weighted by Crippen LogP contribution is -2.46. The smallest absolute Gasteiger partial charge is 0.300 e. The summed E-state index contributed by atoms with van der Waals surface area (Å²) in [5.74, 6) is -1.45. The van der Waals surface area contributed by atoms with Crippen LogP contribution < -0.4 is 11.1 Å². The molecule has 2 aliphatic rings. The number of nitrogens with zero attached hydrogens (tertiary/aromatic N) is 1. The molecule has 2 amide bonds. The molecule has 0 fully saturated rings. The van der Waals surface area contributed by atoms with E-state index in [9.17, 15) is 14.9 Å². The van der Waals surface area contributed by atoms with Crippen LogP contribution in [0.2, 0.25) is 0 Å². The average Bonchev–Trinajstić information content (AvgIpc) is 3.01. The van der Waals surface area contributed by atoms with E-state index >= 15 is 0 Å². The van der Waals surface area contributed by atoms with Gasteiger partial charge in [-0.25, -0.2) is 0 Å². The minimum Gasteiger partial charge on any atom is -0.465 e. The van der Waals surface area contributed by atoms with Crippen molar-refractivity contribution >= 4 is 23.3 Å². The molecule has 0 bridgehead atoms. The van der Waals surface area contributed by atoms with Crippen molar-refractivity contribution < 1.29 is 19.1 Å². The molecule has 1 unspecified atom stereocenters. The topological polar surface area (TPSA) is 114 Å². The van der Waals surface area contributed by atoms with Crippen molar-refractivity contribution in [2.75, 3.05) is 11.9 Å². The van der Waals surface area contributed by atoms with Gasteiger partial charge in [-0.2, -0.15) is 5.26 Å². The monoisotopic (exact) mass is 387 g/mol. The Morgan fingerprint density at radius 3 is 2.55 bits per heavy atom. The lowest BCUT2D eigenvalue weighted by molar-refractivity contribution is -0.122. The molecule has 1 atom stereocenters. The van der Waals surface area contributed by atoms with Crippen LogP contribution in [0, 0.1) is 11.3 Å². The second-order valence-electron chi connectivity index (χ2n) is 6.49. The van der Waals surface area contributed by atoms with E-state index < -0.39 is 17.2 Å². The van der Waals surface area contributed by atoms with Gasteiger partial charge in [0.25, 0.3) is 0 Å². The number of fused-ring (bicyclic) bond motifs is 2. The van der Waals surface area contributed by atoms with Gasteiger partial charge in [0.15, 0.2) is 5.41 Å². The summed E-state index contributed by atoms with van der Waals surface area (Å²) in [4.78, 5) is 26.1. The molecular weight excluding hydrogens is 370 g/mol. The van der Waals surface area contributed by atoms with Crippen molar-refractivity contribution in [1.82, 2.24) is 0 Å². The summed E-state index contributed by atoms with van der Waals surface area (Å²) in [6.45, 7) is 1.93. The molecular formula is C22H17N3O4. The van der Waals surface area contributed by atoms with Crippen molar-refractivity contribution in [1.29, 1.82) is 5.26 Å².